The van der Waals surface area contributed by atoms with Crippen LogP contribution in [0.15, 0.2) is 0 Å². The van der Waals surface area contributed by atoms with E-state index < -0.39 is 0 Å². The molecule has 1 fully saturated rings. The highest BCUT2D eigenvalue weighted by atomic mass is 16.3. The lowest BCUT2D eigenvalue weighted by Crippen LogP contribution is -2.40. The summed E-state index contributed by atoms with van der Waals surface area (Å²) in [6, 6.07) is 0. The number of amides is 1. The maximum Gasteiger partial charge on any atom is 0.234 e. The van der Waals surface area contributed by atoms with Crippen molar-refractivity contribution in [3.05, 3.63) is 0 Å². The van der Waals surface area contributed by atoms with Gasteiger partial charge in [-0.25, -0.2) is 0 Å². The number of carbonyl (C=O) groups excluding carboxylic acids is 1. The van der Waals surface area contributed by atoms with Crippen molar-refractivity contribution in [3.8, 4) is 12.3 Å². The number of aliphatic hydroxyl groups excluding tert-OH is 1. The molecule has 1 amide bonds. The van der Waals surface area contributed by atoms with Crippen molar-refractivity contribution in [1.82, 2.24) is 4.90 Å². The van der Waals surface area contributed by atoms with E-state index in [1.807, 2.05) is 6.92 Å². The molecule has 0 aromatic rings. The van der Waals surface area contributed by atoms with Crippen molar-refractivity contribution >= 4 is 5.91 Å². The van der Waals surface area contributed by atoms with Gasteiger partial charge in [-0.15, -0.1) is 6.42 Å². The Labute approximate surface area is 85.1 Å². The molecule has 0 aromatic heterocycles. The Kier molecular flexibility index (Phi) is 3.97. The Morgan fingerprint density at radius 2 is 2.21 bits per heavy atom. The summed E-state index contributed by atoms with van der Waals surface area (Å²) in [5.74, 6) is 2.73. The van der Waals surface area contributed by atoms with Crippen LogP contribution in [0.3, 0.4) is 0 Å². The molecule has 0 radical (unpaired) electrons. The van der Waals surface area contributed by atoms with Gasteiger partial charge in [0.25, 0.3) is 0 Å². The Bertz CT molecular complexity index is 234. The second-order valence-electron chi connectivity index (χ2n) is 3.84. The zero-order chi connectivity index (χ0) is 10.6. The fourth-order valence-electron chi connectivity index (χ4n) is 1.83. The molecule has 14 heavy (non-hydrogen) atoms. The van der Waals surface area contributed by atoms with Crippen LogP contribution in [0.2, 0.25) is 0 Å². The molecule has 1 heterocycles. The minimum atomic E-state index is -0.264. The van der Waals surface area contributed by atoms with E-state index in [0.29, 0.717) is 5.92 Å². The van der Waals surface area contributed by atoms with Gasteiger partial charge in [-0.1, -0.05) is 5.92 Å². The van der Waals surface area contributed by atoms with Gasteiger partial charge in [-0.05, 0) is 25.7 Å². The average molecular weight is 195 g/mol. The monoisotopic (exact) mass is 195 g/mol. The first-order valence-electron chi connectivity index (χ1n) is 5.04. The van der Waals surface area contributed by atoms with E-state index in [2.05, 4.69) is 5.92 Å². The van der Waals surface area contributed by atoms with E-state index in [1.165, 1.54) is 0 Å². The number of carbonyl (C=O) groups is 1. The molecule has 1 atom stereocenters. The molecule has 0 bridgehead atoms. The molecule has 1 N–H and O–H groups in total. The van der Waals surface area contributed by atoms with Gasteiger partial charge in [0.05, 0.1) is 12.5 Å². The molecule has 1 unspecified atom stereocenters. The van der Waals surface area contributed by atoms with E-state index >= 15 is 0 Å². The number of rotatable bonds is 2. The highest BCUT2D eigenvalue weighted by molar-refractivity contribution is 5.78. The van der Waals surface area contributed by atoms with Gasteiger partial charge in [0.1, 0.15) is 0 Å². The summed E-state index contributed by atoms with van der Waals surface area (Å²) in [5.41, 5.74) is 0. The number of hydrogen-bond donors (Lipinski definition) is 1. The minimum absolute atomic E-state index is 0.0385. The summed E-state index contributed by atoms with van der Waals surface area (Å²) < 4.78 is 0. The van der Waals surface area contributed by atoms with Crippen LogP contribution >= 0.6 is 0 Å². The second kappa shape index (κ2) is 5.02. The predicted octanol–water partition coefficient (Wildman–Crippen LogP) is 0.629. The summed E-state index contributed by atoms with van der Waals surface area (Å²) in [4.78, 5) is 13.2. The number of hydrogen-bond acceptors (Lipinski definition) is 2. The van der Waals surface area contributed by atoms with Crippen molar-refractivity contribution in [2.45, 2.75) is 32.3 Å². The molecule has 1 saturated heterocycles. The fraction of sp³-hybridized carbons (Fsp3) is 0.727. The smallest absolute Gasteiger partial charge is 0.234 e. The SMILES string of the molecule is C#CCC(=O)N1CCC(C(C)O)CC1. The molecule has 0 saturated carbocycles. The standard InChI is InChI=1S/C11H17NO2/c1-3-4-11(14)12-7-5-10(6-8-12)9(2)13/h1,9-10,13H,4-8H2,2H3. The summed E-state index contributed by atoms with van der Waals surface area (Å²) in [6.45, 7) is 3.27. The molecule has 0 aromatic carbocycles. The van der Waals surface area contributed by atoms with Crippen LogP contribution in [0.25, 0.3) is 0 Å². The number of nitrogens with zero attached hydrogens (tertiary/aromatic N) is 1. The third kappa shape index (κ3) is 2.74. The van der Waals surface area contributed by atoms with Crippen LogP contribution in [-0.4, -0.2) is 35.1 Å². The quantitative estimate of drug-likeness (QED) is 0.656. The Balaban J connectivity index is 2.36. The van der Waals surface area contributed by atoms with Crippen LogP contribution in [0.5, 0.6) is 0 Å². The number of likely N-dealkylation sites (tertiary alicyclic amines) is 1. The van der Waals surface area contributed by atoms with Gasteiger partial charge in [0.2, 0.25) is 5.91 Å². The molecule has 1 aliphatic heterocycles. The van der Waals surface area contributed by atoms with Gasteiger partial charge in [-0.2, -0.15) is 0 Å². The largest absolute Gasteiger partial charge is 0.393 e. The van der Waals surface area contributed by atoms with Crippen molar-refractivity contribution in [2.75, 3.05) is 13.1 Å². The van der Waals surface area contributed by atoms with Gasteiger partial charge >= 0.3 is 0 Å². The number of terminal acetylenes is 1. The van der Waals surface area contributed by atoms with Crippen molar-refractivity contribution in [1.29, 1.82) is 0 Å². The molecular weight excluding hydrogens is 178 g/mol. The minimum Gasteiger partial charge on any atom is -0.393 e. The lowest BCUT2D eigenvalue weighted by molar-refractivity contribution is -0.132. The zero-order valence-corrected chi connectivity index (χ0v) is 8.57. The Morgan fingerprint density at radius 1 is 1.64 bits per heavy atom. The van der Waals surface area contributed by atoms with Crippen LogP contribution in [0.1, 0.15) is 26.2 Å². The van der Waals surface area contributed by atoms with E-state index in [4.69, 9.17) is 6.42 Å². The fourth-order valence-corrected chi connectivity index (χ4v) is 1.83. The Hall–Kier alpha value is -1.01. The predicted molar refractivity (Wildman–Crippen MR) is 54.4 cm³/mol. The van der Waals surface area contributed by atoms with Gasteiger partial charge < -0.3 is 10.0 Å². The topological polar surface area (TPSA) is 40.5 Å². The number of aliphatic hydroxyl groups is 1. The van der Waals surface area contributed by atoms with E-state index in [9.17, 15) is 9.90 Å². The molecule has 0 aliphatic carbocycles. The van der Waals surface area contributed by atoms with Crippen LogP contribution in [0, 0.1) is 18.3 Å². The van der Waals surface area contributed by atoms with Crippen molar-refractivity contribution < 1.29 is 9.90 Å². The summed E-state index contributed by atoms with van der Waals surface area (Å²) in [7, 11) is 0. The first-order chi connectivity index (χ1) is 6.65. The number of piperidine rings is 1. The molecule has 3 nitrogen and oxygen atoms in total. The molecule has 0 spiro atoms. The van der Waals surface area contributed by atoms with Crippen molar-refractivity contribution in [3.63, 3.8) is 0 Å². The van der Waals surface area contributed by atoms with E-state index in [1.54, 1.807) is 4.90 Å². The van der Waals surface area contributed by atoms with Crippen LogP contribution in [-0.2, 0) is 4.79 Å². The molecule has 1 rings (SSSR count). The van der Waals surface area contributed by atoms with Crippen LogP contribution in [0.4, 0.5) is 0 Å². The first-order valence-corrected chi connectivity index (χ1v) is 5.04. The van der Waals surface area contributed by atoms with Gasteiger partial charge in [-0.3, -0.25) is 4.79 Å². The summed E-state index contributed by atoms with van der Waals surface area (Å²) in [5, 5.41) is 9.37. The highest BCUT2D eigenvalue weighted by Crippen LogP contribution is 2.20. The van der Waals surface area contributed by atoms with Gasteiger partial charge in [0, 0.05) is 13.1 Å². The second-order valence-corrected chi connectivity index (χ2v) is 3.84. The zero-order valence-electron chi connectivity index (χ0n) is 8.57. The highest BCUT2D eigenvalue weighted by Gasteiger charge is 2.24. The first kappa shape index (κ1) is 11.1. The Morgan fingerprint density at radius 3 is 2.64 bits per heavy atom. The molecule has 78 valence electrons. The molecule has 3 heteroatoms. The third-order valence-corrected chi connectivity index (χ3v) is 2.83. The van der Waals surface area contributed by atoms with Crippen molar-refractivity contribution in [2.24, 2.45) is 5.92 Å². The molecule has 1 aliphatic rings. The van der Waals surface area contributed by atoms with Gasteiger partial charge in [0.15, 0.2) is 0 Å². The van der Waals surface area contributed by atoms with Crippen LogP contribution < -0.4 is 0 Å². The lowest BCUT2D eigenvalue weighted by Gasteiger charge is -2.32. The summed E-state index contributed by atoms with van der Waals surface area (Å²) >= 11 is 0. The van der Waals surface area contributed by atoms with E-state index in [0.717, 1.165) is 25.9 Å². The molecular formula is C11H17NO2. The normalized spacial score (nSPS) is 20.2. The maximum absolute atomic E-state index is 11.4. The summed E-state index contributed by atoms with van der Waals surface area (Å²) in [6.07, 6.45) is 6.77. The average Bonchev–Trinajstić information content (AvgIpc) is 2.18. The maximum atomic E-state index is 11.4. The lowest BCUT2D eigenvalue weighted by atomic mass is 9.92. The third-order valence-electron chi connectivity index (χ3n) is 2.83. The van der Waals surface area contributed by atoms with E-state index in [-0.39, 0.29) is 18.4 Å².